The lowest BCUT2D eigenvalue weighted by atomic mass is 9.43. The molecule has 2 aromatic carbocycles. The lowest BCUT2D eigenvalue weighted by Crippen LogP contribution is -2.63. The summed E-state index contributed by atoms with van der Waals surface area (Å²) in [6.07, 6.45) is 5.95. The third kappa shape index (κ3) is 6.25. The summed E-state index contributed by atoms with van der Waals surface area (Å²) in [6, 6.07) is 17.8. The first-order valence-electron chi connectivity index (χ1n) is 17.7. The highest BCUT2D eigenvalue weighted by atomic mass is 16.6. The second-order valence-corrected chi connectivity index (χ2v) is 15.5. The number of carbonyl (C=O) groups is 3. The summed E-state index contributed by atoms with van der Waals surface area (Å²) >= 11 is 0. The van der Waals surface area contributed by atoms with Crippen LogP contribution in [0.5, 0.6) is 0 Å². The molecule has 0 radical (unpaired) electrons. The normalized spacial score (nSPS) is 36.6. The van der Waals surface area contributed by atoms with Crippen LogP contribution < -0.4 is 0 Å². The van der Waals surface area contributed by atoms with Gasteiger partial charge in [0.15, 0.2) is 0 Å². The molecule has 0 spiro atoms. The summed E-state index contributed by atoms with van der Waals surface area (Å²) in [4.78, 5) is 38.6. The molecule has 0 saturated heterocycles. The highest BCUT2D eigenvalue weighted by Gasteiger charge is 2.67. The minimum absolute atomic E-state index is 0.0432. The number of hydrogen-bond acceptors (Lipinski definition) is 7. The summed E-state index contributed by atoms with van der Waals surface area (Å²) in [7, 11) is 1.43. The van der Waals surface area contributed by atoms with Gasteiger partial charge < -0.3 is 19.3 Å². The van der Waals surface area contributed by atoms with Gasteiger partial charge in [-0.15, -0.1) is 0 Å². The molecule has 4 aliphatic rings. The number of esters is 3. The van der Waals surface area contributed by atoms with E-state index in [4.69, 9.17) is 14.2 Å². The fourth-order valence-corrected chi connectivity index (χ4v) is 10.9. The van der Waals surface area contributed by atoms with Gasteiger partial charge in [0.2, 0.25) is 0 Å². The summed E-state index contributed by atoms with van der Waals surface area (Å²) < 4.78 is 17.8. The first kappa shape index (κ1) is 33.7. The average molecular weight is 645 g/mol. The summed E-state index contributed by atoms with van der Waals surface area (Å²) in [5, 5.41) is 10.8. The van der Waals surface area contributed by atoms with Crippen LogP contribution in [0.15, 0.2) is 54.6 Å². The van der Waals surface area contributed by atoms with Gasteiger partial charge in [-0.2, -0.15) is 0 Å². The molecule has 7 nitrogen and oxygen atoms in total. The van der Waals surface area contributed by atoms with E-state index in [-0.39, 0.29) is 82.6 Å². The highest BCUT2D eigenvalue weighted by Crippen LogP contribution is 2.69. The van der Waals surface area contributed by atoms with Crippen molar-refractivity contribution in [2.24, 2.45) is 46.3 Å². The smallest absolute Gasteiger partial charge is 0.338 e. The van der Waals surface area contributed by atoms with Crippen LogP contribution in [-0.2, 0) is 23.8 Å². The van der Waals surface area contributed by atoms with Gasteiger partial charge in [0.05, 0.1) is 18.8 Å². The van der Waals surface area contributed by atoms with Crippen molar-refractivity contribution in [2.75, 3.05) is 7.11 Å². The van der Waals surface area contributed by atoms with E-state index in [2.05, 4.69) is 32.9 Å². The number of aliphatic hydroxyl groups is 1. The van der Waals surface area contributed by atoms with Gasteiger partial charge in [0.1, 0.15) is 12.2 Å². The van der Waals surface area contributed by atoms with Gasteiger partial charge in [0.25, 0.3) is 0 Å². The van der Waals surface area contributed by atoms with Crippen LogP contribution in [0, 0.1) is 46.3 Å². The SMILES string of the molecule is COC(=O)CC[C@@H](C)[C@H]1CC[C@H]2[C@@H]3[C@H](OC(=O)c4ccc(-c5ccccc5)cc4)C[C@H]4C[C@H](O)CC[C@]4(C)[C@H]3C[C@H](OC(C)=O)[C@]12C. The van der Waals surface area contributed by atoms with Crippen molar-refractivity contribution in [3.63, 3.8) is 0 Å². The van der Waals surface area contributed by atoms with Crippen LogP contribution in [0.25, 0.3) is 11.1 Å². The maximum Gasteiger partial charge on any atom is 0.338 e. The Morgan fingerprint density at radius 3 is 2.28 bits per heavy atom. The minimum atomic E-state index is -0.351. The molecule has 0 amide bonds. The first-order chi connectivity index (χ1) is 22.4. The Labute approximate surface area is 279 Å². The van der Waals surface area contributed by atoms with Gasteiger partial charge in [-0.25, -0.2) is 4.79 Å². The zero-order valence-corrected chi connectivity index (χ0v) is 28.7. The van der Waals surface area contributed by atoms with E-state index in [1.165, 1.54) is 14.0 Å². The topological polar surface area (TPSA) is 99.1 Å². The van der Waals surface area contributed by atoms with Crippen molar-refractivity contribution in [3.05, 3.63) is 60.2 Å². The van der Waals surface area contributed by atoms with Crippen LogP contribution in [0.2, 0.25) is 0 Å². The summed E-state index contributed by atoms with van der Waals surface area (Å²) in [5.41, 5.74) is 2.32. The predicted octanol–water partition coefficient (Wildman–Crippen LogP) is 7.64. The lowest BCUT2D eigenvalue weighted by molar-refractivity contribution is -0.217. The van der Waals surface area contributed by atoms with E-state index in [0.717, 1.165) is 56.1 Å². The molecular weight excluding hydrogens is 592 g/mol. The molecule has 0 aliphatic heterocycles. The van der Waals surface area contributed by atoms with Crippen molar-refractivity contribution < 1.29 is 33.7 Å². The summed E-state index contributed by atoms with van der Waals surface area (Å²) in [6.45, 7) is 8.40. The van der Waals surface area contributed by atoms with E-state index in [0.29, 0.717) is 18.4 Å². The molecule has 4 fully saturated rings. The Morgan fingerprint density at radius 1 is 0.894 bits per heavy atom. The van der Waals surface area contributed by atoms with Crippen molar-refractivity contribution >= 4 is 17.9 Å². The average Bonchev–Trinajstić information content (AvgIpc) is 3.43. The minimum Gasteiger partial charge on any atom is -0.469 e. The maximum atomic E-state index is 13.9. The second-order valence-electron chi connectivity index (χ2n) is 15.5. The Morgan fingerprint density at radius 2 is 1.60 bits per heavy atom. The van der Waals surface area contributed by atoms with E-state index >= 15 is 0 Å². The molecule has 4 saturated carbocycles. The van der Waals surface area contributed by atoms with Crippen molar-refractivity contribution in [1.29, 1.82) is 0 Å². The molecule has 0 bridgehead atoms. The molecule has 7 heteroatoms. The highest BCUT2D eigenvalue weighted by molar-refractivity contribution is 5.90. The summed E-state index contributed by atoms with van der Waals surface area (Å²) in [5.74, 6) is 0.433. The molecule has 47 heavy (non-hydrogen) atoms. The number of fused-ring (bicyclic) bond motifs is 5. The zero-order valence-electron chi connectivity index (χ0n) is 28.7. The van der Waals surface area contributed by atoms with Crippen molar-refractivity contribution in [3.8, 4) is 11.1 Å². The third-order valence-electron chi connectivity index (χ3n) is 13.3. The van der Waals surface area contributed by atoms with Crippen LogP contribution in [0.1, 0.15) is 95.8 Å². The van der Waals surface area contributed by atoms with E-state index < -0.39 is 0 Å². The van der Waals surface area contributed by atoms with Gasteiger partial charge in [-0.1, -0.05) is 63.2 Å². The molecule has 11 atom stereocenters. The first-order valence-corrected chi connectivity index (χ1v) is 17.7. The molecular formula is C40H52O7. The Kier molecular flexibility index (Phi) is 9.59. The predicted molar refractivity (Wildman–Crippen MR) is 179 cm³/mol. The number of aliphatic hydroxyl groups excluding tert-OH is 1. The van der Waals surface area contributed by atoms with Crippen LogP contribution >= 0.6 is 0 Å². The molecule has 4 aliphatic carbocycles. The Hall–Kier alpha value is -3.19. The number of hydrogen-bond donors (Lipinski definition) is 1. The number of methoxy groups -OCH3 is 1. The fourth-order valence-electron chi connectivity index (χ4n) is 10.9. The fraction of sp³-hybridized carbons (Fsp3) is 0.625. The molecule has 2 aromatic rings. The van der Waals surface area contributed by atoms with Crippen molar-refractivity contribution in [2.45, 2.75) is 104 Å². The van der Waals surface area contributed by atoms with Crippen molar-refractivity contribution in [1.82, 2.24) is 0 Å². The van der Waals surface area contributed by atoms with E-state index in [9.17, 15) is 19.5 Å². The molecule has 0 aromatic heterocycles. The monoisotopic (exact) mass is 644 g/mol. The van der Waals surface area contributed by atoms with Gasteiger partial charge >= 0.3 is 17.9 Å². The maximum absolute atomic E-state index is 13.9. The Bertz CT molecular complexity index is 1440. The number of ether oxygens (including phenoxy) is 3. The van der Waals surface area contributed by atoms with Crippen LogP contribution in [0.3, 0.4) is 0 Å². The molecule has 254 valence electrons. The standard InChI is InChI=1S/C40H52O7/c1-24(11-18-36(43)45-5)31-16-17-32-37-33(23-35(40(31,32)4)46-25(2)41)39(3)20-19-30(42)21-29(39)22-34(37)47-38(44)28-14-12-27(13-15-28)26-9-7-6-8-10-26/h6-10,12-15,24,29-35,37,42H,11,16-23H2,1-5H3/t24-,29-,30-,31-,32+,33+,34-,35+,37+,39+,40-/m1/s1. The molecule has 6 rings (SSSR count). The second kappa shape index (κ2) is 13.4. The van der Waals surface area contributed by atoms with Gasteiger partial charge in [-0.3, -0.25) is 9.59 Å². The third-order valence-corrected chi connectivity index (χ3v) is 13.3. The molecule has 0 unspecified atom stereocenters. The van der Waals surface area contributed by atoms with Crippen LogP contribution in [0.4, 0.5) is 0 Å². The van der Waals surface area contributed by atoms with Gasteiger partial charge in [-0.05, 0) is 110 Å². The Balaban J connectivity index is 1.33. The number of rotatable bonds is 8. The van der Waals surface area contributed by atoms with E-state index in [1.54, 1.807) is 0 Å². The van der Waals surface area contributed by atoms with Crippen LogP contribution in [-0.4, -0.2) is 48.4 Å². The van der Waals surface area contributed by atoms with Gasteiger partial charge in [0, 0.05) is 24.7 Å². The molecule has 1 N–H and O–H groups in total. The van der Waals surface area contributed by atoms with E-state index in [1.807, 2.05) is 42.5 Å². The zero-order chi connectivity index (χ0) is 33.5. The largest absolute Gasteiger partial charge is 0.469 e. The quantitative estimate of drug-likeness (QED) is 0.233. The number of carbonyl (C=O) groups excluding carboxylic acids is 3. The number of benzene rings is 2. The lowest BCUT2D eigenvalue weighted by Gasteiger charge is -2.64. The molecule has 0 heterocycles.